The van der Waals surface area contributed by atoms with Crippen molar-refractivity contribution in [2.45, 2.75) is 56.9 Å². The molecular weight excluding hydrogens is 449 g/mol. The summed E-state index contributed by atoms with van der Waals surface area (Å²) in [5.41, 5.74) is 0. The second-order valence-electron chi connectivity index (χ2n) is 6.03. The van der Waals surface area contributed by atoms with Crippen molar-refractivity contribution in [1.82, 2.24) is 10.6 Å². The van der Waals surface area contributed by atoms with Crippen molar-refractivity contribution in [2.24, 2.45) is 4.99 Å². The van der Waals surface area contributed by atoms with Crippen molar-refractivity contribution in [2.75, 3.05) is 19.3 Å². The lowest BCUT2D eigenvalue weighted by Gasteiger charge is -2.18. The van der Waals surface area contributed by atoms with Gasteiger partial charge in [-0.1, -0.05) is 50.8 Å². The molecule has 1 aromatic carbocycles. The van der Waals surface area contributed by atoms with Crippen LogP contribution in [0.3, 0.4) is 0 Å². The molecule has 2 N–H and O–H groups in total. The molecule has 0 aliphatic rings. The summed E-state index contributed by atoms with van der Waals surface area (Å²) in [5.74, 6) is 0.698. The summed E-state index contributed by atoms with van der Waals surface area (Å²) < 4.78 is 24.5. The van der Waals surface area contributed by atoms with Crippen LogP contribution < -0.4 is 10.6 Å². The molecule has 0 saturated heterocycles. The van der Waals surface area contributed by atoms with Crippen LogP contribution in [-0.4, -0.2) is 39.8 Å². The van der Waals surface area contributed by atoms with Crippen LogP contribution >= 0.6 is 24.0 Å². The topological polar surface area (TPSA) is 70.6 Å². The summed E-state index contributed by atoms with van der Waals surface area (Å²) in [6, 6.07) is 8.85. The number of hydrogen-bond acceptors (Lipinski definition) is 3. The fourth-order valence-electron chi connectivity index (χ4n) is 2.43. The number of aliphatic imine (C=N–C) groups is 1. The summed E-state index contributed by atoms with van der Waals surface area (Å²) in [6.45, 7) is 4.66. The van der Waals surface area contributed by atoms with Gasteiger partial charge in [-0.3, -0.25) is 4.99 Å². The smallest absolute Gasteiger partial charge is 0.191 e. The summed E-state index contributed by atoms with van der Waals surface area (Å²) >= 11 is 0. The second-order valence-corrected chi connectivity index (χ2v) is 8.13. The molecule has 5 nitrogen and oxygen atoms in total. The third-order valence-electron chi connectivity index (χ3n) is 3.86. The SMILES string of the molecule is CCCCCCC(C)NC(=NC)NCCS(=O)(=O)c1ccccc1.I. The van der Waals surface area contributed by atoms with E-state index in [1.165, 1.54) is 25.7 Å². The molecule has 0 spiro atoms. The van der Waals surface area contributed by atoms with E-state index in [0.717, 1.165) is 6.42 Å². The highest BCUT2D eigenvalue weighted by atomic mass is 127. The summed E-state index contributed by atoms with van der Waals surface area (Å²) in [6.07, 6.45) is 6.05. The van der Waals surface area contributed by atoms with E-state index < -0.39 is 9.84 Å². The second kappa shape index (κ2) is 13.4. The fraction of sp³-hybridized carbons (Fsp3) is 0.611. The highest BCUT2D eigenvalue weighted by Gasteiger charge is 2.14. The van der Waals surface area contributed by atoms with Crippen molar-refractivity contribution in [3.8, 4) is 0 Å². The number of nitrogens with zero attached hydrogens (tertiary/aromatic N) is 1. The van der Waals surface area contributed by atoms with Gasteiger partial charge in [-0.05, 0) is 25.5 Å². The number of rotatable bonds is 10. The van der Waals surface area contributed by atoms with E-state index in [1.807, 2.05) is 6.07 Å². The molecule has 0 aliphatic carbocycles. The Balaban J connectivity index is 0.00000576. The highest BCUT2D eigenvalue weighted by Crippen LogP contribution is 2.09. The Morgan fingerprint density at radius 3 is 2.44 bits per heavy atom. The van der Waals surface area contributed by atoms with Crippen molar-refractivity contribution < 1.29 is 8.42 Å². The number of sulfone groups is 1. The minimum Gasteiger partial charge on any atom is -0.355 e. The minimum atomic E-state index is -3.26. The lowest BCUT2D eigenvalue weighted by molar-refractivity contribution is 0.537. The van der Waals surface area contributed by atoms with Gasteiger partial charge in [0.25, 0.3) is 0 Å². The van der Waals surface area contributed by atoms with Crippen LogP contribution in [0, 0.1) is 0 Å². The summed E-state index contributed by atoms with van der Waals surface area (Å²) in [7, 11) is -1.56. The first kappa shape index (κ1) is 24.2. The van der Waals surface area contributed by atoms with Crippen molar-refractivity contribution in [3.63, 3.8) is 0 Å². The zero-order valence-corrected chi connectivity index (χ0v) is 18.6. The first-order valence-electron chi connectivity index (χ1n) is 8.74. The summed E-state index contributed by atoms with van der Waals surface area (Å²) in [5, 5.41) is 6.40. The molecule has 0 bridgehead atoms. The van der Waals surface area contributed by atoms with Crippen LogP contribution in [0.1, 0.15) is 46.0 Å². The number of nitrogens with one attached hydrogen (secondary N) is 2. The molecule has 25 heavy (non-hydrogen) atoms. The van der Waals surface area contributed by atoms with Gasteiger partial charge in [0.1, 0.15) is 0 Å². The van der Waals surface area contributed by atoms with Crippen LogP contribution in [0.4, 0.5) is 0 Å². The lowest BCUT2D eigenvalue weighted by atomic mass is 10.1. The Morgan fingerprint density at radius 2 is 1.84 bits per heavy atom. The highest BCUT2D eigenvalue weighted by molar-refractivity contribution is 14.0. The first-order chi connectivity index (χ1) is 11.5. The standard InChI is InChI=1S/C18H31N3O2S.HI/c1-4-5-6-8-11-16(2)21-18(19-3)20-14-15-24(22,23)17-12-9-7-10-13-17;/h7,9-10,12-13,16H,4-6,8,11,14-15H2,1-3H3,(H2,19,20,21);1H. The molecule has 0 aliphatic heterocycles. The molecule has 0 saturated carbocycles. The van der Waals surface area contributed by atoms with Gasteiger partial charge in [-0.2, -0.15) is 0 Å². The molecule has 1 unspecified atom stereocenters. The molecule has 0 amide bonds. The molecule has 144 valence electrons. The Labute approximate surface area is 170 Å². The predicted molar refractivity (Wildman–Crippen MR) is 117 cm³/mol. The Bertz CT molecular complexity index is 592. The van der Waals surface area contributed by atoms with E-state index in [-0.39, 0.29) is 29.7 Å². The van der Waals surface area contributed by atoms with E-state index in [2.05, 4.69) is 29.5 Å². The monoisotopic (exact) mass is 481 g/mol. The maximum absolute atomic E-state index is 12.2. The minimum absolute atomic E-state index is 0. The number of halogens is 1. The van der Waals surface area contributed by atoms with Crippen LogP contribution in [0.5, 0.6) is 0 Å². The normalized spacial score (nSPS) is 13.0. The maximum atomic E-state index is 12.2. The van der Waals surface area contributed by atoms with Gasteiger partial charge >= 0.3 is 0 Å². The van der Waals surface area contributed by atoms with Gasteiger partial charge in [0.2, 0.25) is 0 Å². The molecule has 0 heterocycles. The molecule has 0 radical (unpaired) electrons. The van der Waals surface area contributed by atoms with Crippen LogP contribution in [0.25, 0.3) is 0 Å². The molecule has 0 aromatic heterocycles. The predicted octanol–water partition coefficient (Wildman–Crippen LogP) is 3.60. The number of unbranched alkanes of at least 4 members (excludes halogenated alkanes) is 3. The van der Waals surface area contributed by atoms with Crippen molar-refractivity contribution in [1.29, 1.82) is 0 Å². The van der Waals surface area contributed by atoms with E-state index in [9.17, 15) is 8.42 Å². The van der Waals surface area contributed by atoms with E-state index in [4.69, 9.17) is 0 Å². The largest absolute Gasteiger partial charge is 0.355 e. The first-order valence-corrected chi connectivity index (χ1v) is 10.4. The lowest BCUT2D eigenvalue weighted by Crippen LogP contribution is -2.43. The molecule has 1 rings (SSSR count). The number of benzene rings is 1. The molecule has 7 heteroatoms. The molecular formula is C18H32IN3O2S. The van der Waals surface area contributed by atoms with Crippen LogP contribution in [0.2, 0.25) is 0 Å². The van der Waals surface area contributed by atoms with Crippen molar-refractivity contribution >= 4 is 39.8 Å². The zero-order valence-electron chi connectivity index (χ0n) is 15.5. The number of guanidine groups is 1. The third-order valence-corrected chi connectivity index (χ3v) is 5.59. The Hall–Kier alpha value is -0.830. The van der Waals surface area contributed by atoms with E-state index >= 15 is 0 Å². The van der Waals surface area contributed by atoms with Gasteiger partial charge in [0.15, 0.2) is 15.8 Å². The third kappa shape index (κ3) is 10.0. The molecule has 0 fully saturated rings. The molecule has 1 aromatic rings. The van der Waals surface area contributed by atoms with Gasteiger partial charge in [0.05, 0.1) is 10.6 Å². The molecule has 1 atom stereocenters. The fourth-order valence-corrected chi connectivity index (χ4v) is 3.61. The summed E-state index contributed by atoms with van der Waals surface area (Å²) in [4.78, 5) is 4.52. The zero-order chi connectivity index (χ0) is 17.8. The average Bonchev–Trinajstić information content (AvgIpc) is 2.58. The maximum Gasteiger partial charge on any atom is 0.191 e. The van der Waals surface area contributed by atoms with E-state index in [0.29, 0.717) is 23.4 Å². The van der Waals surface area contributed by atoms with Gasteiger partial charge in [-0.25, -0.2) is 8.42 Å². The van der Waals surface area contributed by atoms with Gasteiger partial charge in [-0.15, -0.1) is 24.0 Å². The average molecular weight is 481 g/mol. The van der Waals surface area contributed by atoms with Crippen LogP contribution in [0.15, 0.2) is 40.2 Å². The van der Waals surface area contributed by atoms with E-state index in [1.54, 1.807) is 31.3 Å². The Morgan fingerprint density at radius 1 is 1.16 bits per heavy atom. The quantitative estimate of drug-likeness (QED) is 0.232. The van der Waals surface area contributed by atoms with Gasteiger partial charge < -0.3 is 10.6 Å². The van der Waals surface area contributed by atoms with Crippen LogP contribution in [-0.2, 0) is 9.84 Å². The number of hydrogen-bond donors (Lipinski definition) is 2. The van der Waals surface area contributed by atoms with Crippen molar-refractivity contribution in [3.05, 3.63) is 30.3 Å². The van der Waals surface area contributed by atoms with Gasteiger partial charge in [0, 0.05) is 19.6 Å². The Kier molecular flexibility index (Phi) is 12.9.